The van der Waals surface area contributed by atoms with E-state index < -0.39 is 5.82 Å². The number of para-hydroxylation sites is 1. The Morgan fingerprint density at radius 3 is 2.33 bits per heavy atom. The van der Waals surface area contributed by atoms with Crippen LogP contribution in [0.2, 0.25) is 0 Å². The van der Waals surface area contributed by atoms with Crippen molar-refractivity contribution >= 4 is 29.3 Å². The van der Waals surface area contributed by atoms with E-state index >= 15 is 0 Å². The van der Waals surface area contributed by atoms with Crippen LogP contribution in [0, 0.1) is 5.82 Å². The molecule has 0 aliphatic carbocycles. The van der Waals surface area contributed by atoms with Gasteiger partial charge in [0.1, 0.15) is 10.2 Å². The molecule has 3 aromatic carbocycles. The van der Waals surface area contributed by atoms with E-state index in [1.807, 2.05) is 42.5 Å². The van der Waals surface area contributed by atoms with Crippen LogP contribution >= 0.6 is 23.2 Å². The summed E-state index contributed by atoms with van der Waals surface area (Å²) in [7, 11) is 0. The topological polar surface area (TPSA) is 18.5 Å². The zero-order chi connectivity index (χ0) is 21.6. The number of hydrogen-bond acceptors (Lipinski definition) is 2. The predicted octanol–water partition coefficient (Wildman–Crippen LogP) is 7.89. The molecule has 0 heterocycles. The summed E-state index contributed by atoms with van der Waals surface area (Å²) >= 11 is 11.4. The Bertz CT molecular complexity index is 995. The molecule has 0 aliphatic rings. The predicted molar refractivity (Wildman–Crippen MR) is 122 cm³/mol. The summed E-state index contributed by atoms with van der Waals surface area (Å²) in [6.07, 6.45) is 1.69. The maximum atomic E-state index is 14.1. The monoisotopic (exact) mass is 444 g/mol. The largest absolute Gasteiger partial charge is 0.454 e. The first-order valence-electron chi connectivity index (χ1n) is 9.56. The Kier molecular flexibility index (Phi) is 7.54. The third kappa shape index (κ3) is 6.33. The highest BCUT2D eigenvalue weighted by molar-refractivity contribution is 6.57. The van der Waals surface area contributed by atoms with Crippen molar-refractivity contribution < 1.29 is 13.9 Å². The van der Waals surface area contributed by atoms with Crippen LogP contribution in [-0.2, 0) is 16.8 Å². The molecule has 0 unspecified atom stereocenters. The fourth-order valence-corrected chi connectivity index (χ4v) is 3.25. The zero-order valence-corrected chi connectivity index (χ0v) is 18.4. The third-order valence-electron chi connectivity index (χ3n) is 4.67. The van der Waals surface area contributed by atoms with E-state index in [0.29, 0.717) is 19.0 Å². The van der Waals surface area contributed by atoms with E-state index in [1.165, 1.54) is 6.07 Å². The Morgan fingerprint density at radius 2 is 1.67 bits per heavy atom. The number of halogens is 3. The number of hydrogen-bond donors (Lipinski definition) is 0. The molecule has 0 amide bonds. The van der Waals surface area contributed by atoms with Gasteiger partial charge in [-0.25, -0.2) is 4.39 Å². The molecule has 0 N–H and O–H groups in total. The molecule has 5 heteroatoms. The fourth-order valence-electron chi connectivity index (χ4n) is 3.00. The van der Waals surface area contributed by atoms with Crippen LogP contribution in [0.15, 0.2) is 77.3 Å². The van der Waals surface area contributed by atoms with Gasteiger partial charge in [0.2, 0.25) is 0 Å². The van der Waals surface area contributed by atoms with Crippen molar-refractivity contribution in [1.82, 2.24) is 0 Å². The molecule has 0 aromatic heterocycles. The van der Waals surface area contributed by atoms with Crippen LogP contribution in [0.3, 0.4) is 0 Å². The highest BCUT2D eigenvalue weighted by Gasteiger charge is 2.21. The Morgan fingerprint density at radius 1 is 0.967 bits per heavy atom. The van der Waals surface area contributed by atoms with Gasteiger partial charge < -0.3 is 9.47 Å². The number of ether oxygens (including phenoxy) is 2. The smallest absolute Gasteiger partial charge is 0.165 e. The van der Waals surface area contributed by atoms with Gasteiger partial charge >= 0.3 is 0 Å². The molecule has 0 radical (unpaired) electrons. The molecule has 3 rings (SSSR count). The second kappa shape index (κ2) is 10.1. The first-order valence-corrected chi connectivity index (χ1v) is 10.3. The van der Waals surface area contributed by atoms with Crippen LogP contribution < -0.4 is 4.74 Å². The lowest BCUT2D eigenvalue weighted by Gasteiger charge is -2.25. The molecule has 0 saturated heterocycles. The van der Waals surface area contributed by atoms with Gasteiger partial charge in [-0.3, -0.25) is 0 Å². The van der Waals surface area contributed by atoms with Crippen molar-refractivity contribution in [2.75, 3.05) is 6.61 Å². The van der Waals surface area contributed by atoms with E-state index in [9.17, 15) is 4.39 Å². The zero-order valence-electron chi connectivity index (χ0n) is 16.9. The van der Waals surface area contributed by atoms with Gasteiger partial charge in [0.05, 0.1) is 13.2 Å². The fraction of sp³-hybridized carbons (Fsp3) is 0.200. The van der Waals surface area contributed by atoms with Gasteiger partial charge in [0, 0.05) is 5.41 Å². The molecule has 0 bridgehead atoms. The van der Waals surface area contributed by atoms with Gasteiger partial charge in [0.25, 0.3) is 0 Å². The van der Waals surface area contributed by atoms with E-state index in [4.69, 9.17) is 32.7 Å². The lowest BCUT2D eigenvalue weighted by atomic mass is 9.85. The Labute approximate surface area is 186 Å². The second-order valence-corrected chi connectivity index (χ2v) is 8.62. The molecule has 0 aliphatic heterocycles. The van der Waals surface area contributed by atoms with E-state index in [1.54, 1.807) is 30.3 Å². The molecule has 0 spiro atoms. The lowest BCUT2D eigenvalue weighted by molar-refractivity contribution is 0.0823. The van der Waals surface area contributed by atoms with Crippen LogP contribution in [0.25, 0.3) is 6.08 Å². The minimum atomic E-state index is -0.408. The maximum absolute atomic E-state index is 14.1. The quantitative estimate of drug-likeness (QED) is 0.351. The summed E-state index contributed by atoms with van der Waals surface area (Å²) in [6, 6.07) is 21.9. The normalized spacial score (nSPS) is 11.2. The summed E-state index contributed by atoms with van der Waals surface area (Å²) < 4.78 is 25.9. The molecular formula is C25H23Cl2FO2. The molecule has 0 fully saturated rings. The Hall–Kier alpha value is -2.33. The summed E-state index contributed by atoms with van der Waals surface area (Å²) in [5.41, 5.74) is 2.72. The van der Waals surface area contributed by atoms with Gasteiger partial charge in [-0.2, -0.15) is 0 Å². The lowest BCUT2D eigenvalue weighted by Crippen LogP contribution is -2.24. The molecule has 156 valence electrons. The molecule has 0 saturated carbocycles. The molecule has 0 atom stereocenters. The summed E-state index contributed by atoms with van der Waals surface area (Å²) in [5.74, 6) is 0.363. The third-order valence-corrected chi connectivity index (χ3v) is 4.88. The van der Waals surface area contributed by atoms with Gasteiger partial charge in [0.15, 0.2) is 11.6 Å². The van der Waals surface area contributed by atoms with Crippen LogP contribution in [0.4, 0.5) is 4.39 Å². The molecule has 3 aromatic rings. The minimum absolute atomic E-state index is 0.183. The average molecular weight is 445 g/mol. The maximum Gasteiger partial charge on any atom is 0.165 e. The van der Waals surface area contributed by atoms with E-state index in [-0.39, 0.29) is 15.7 Å². The number of benzene rings is 3. The summed E-state index contributed by atoms with van der Waals surface area (Å²) in [5, 5.41) is 0. The first kappa shape index (κ1) is 22.4. The standard InChI is InChI=1S/C25H23Cl2FO2/c1-25(2,20-11-8-18(9-12-20)15-24(26)27)17-29-16-19-10-13-22(28)23(14-19)30-21-6-4-3-5-7-21/h3-15H,16-17H2,1-2H3. The van der Waals surface area contributed by atoms with Crippen molar-refractivity contribution in [3.63, 3.8) is 0 Å². The minimum Gasteiger partial charge on any atom is -0.454 e. The van der Waals surface area contributed by atoms with E-state index in [2.05, 4.69) is 13.8 Å². The first-order chi connectivity index (χ1) is 14.3. The van der Waals surface area contributed by atoms with Gasteiger partial charge in [-0.15, -0.1) is 0 Å². The van der Waals surface area contributed by atoms with Crippen molar-refractivity contribution in [2.45, 2.75) is 25.9 Å². The van der Waals surface area contributed by atoms with Crippen molar-refractivity contribution in [2.24, 2.45) is 0 Å². The molecular weight excluding hydrogens is 422 g/mol. The summed E-state index contributed by atoms with van der Waals surface area (Å²) in [4.78, 5) is 0. The Balaban J connectivity index is 1.61. The number of rotatable bonds is 8. The van der Waals surface area contributed by atoms with Gasteiger partial charge in [-0.1, -0.05) is 85.6 Å². The highest BCUT2D eigenvalue weighted by Crippen LogP contribution is 2.28. The van der Waals surface area contributed by atoms with Crippen LogP contribution in [0.1, 0.15) is 30.5 Å². The van der Waals surface area contributed by atoms with Crippen LogP contribution in [-0.4, -0.2) is 6.61 Å². The molecule has 2 nitrogen and oxygen atoms in total. The highest BCUT2D eigenvalue weighted by atomic mass is 35.5. The summed E-state index contributed by atoms with van der Waals surface area (Å²) in [6.45, 7) is 5.09. The van der Waals surface area contributed by atoms with Gasteiger partial charge in [-0.05, 0) is 47.0 Å². The SMILES string of the molecule is CC(C)(COCc1ccc(F)c(Oc2ccccc2)c1)c1ccc(C=C(Cl)Cl)cc1. The molecule has 30 heavy (non-hydrogen) atoms. The van der Waals surface area contributed by atoms with Crippen LogP contribution in [0.5, 0.6) is 11.5 Å². The van der Waals surface area contributed by atoms with E-state index in [0.717, 1.165) is 16.7 Å². The second-order valence-electron chi connectivity index (χ2n) is 7.61. The van der Waals surface area contributed by atoms with Crippen molar-refractivity contribution in [3.05, 3.63) is 99.8 Å². The average Bonchev–Trinajstić information content (AvgIpc) is 2.71. The van der Waals surface area contributed by atoms with Crippen molar-refractivity contribution in [3.8, 4) is 11.5 Å². The van der Waals surface area contributed by atoms with Crippen molar-refractivity contribution in [1.29, 1.82) is 0 Å².